The van der Waals surface area contributed by atoms with E-state index in [1.54, 1.807) is 80.2 Å². The zero-order valence-corrected chi connectivity index (χ0v) is 41.7. The van der Waals surface area contributed by atoms with Crippen molar-refractivity contribution in [3.63, 3.8) is 0 Å². The van der Waals surface area contributed by atoms with Crippen LogP contribution in [0.3, 0.4) is 0 Å². The zero-order valence-electron chi connectivity index (χ0n) is 41.7. The average molecular weight is 929 g/mol. The Morgan fingerprint density at radius 1 is 1.05 bits per heavy atom. The highest BCUT2D eigenvalue weighted by Crippen LogP contribution is 2.43. The minimum atomic E-state index is -1.86. The molecule has 19 heteroatoms. The first-order valence-electron chi connectivity index (χ1n) is 23.6. The van der Waals surface area contributed by atoms with Crippen LogP contribution in [0.1, 0.15) is 114 Å². The van der Waals surface area contributed by atoms with E-state index in [2.05, 4.69) is 21.0 Å². The summed E-state index contributed by atoms with van der Waals surface area (Å²) < 4.78 is 40.2. The maximum absolute atomic E-state index is 14.5. The second kappa shape index (κ2) is 22.3. The Labute approximate surface area is 386 Å². The van der Waals surface area contributed by atoms with Gasteiger partial charge in [-0.2, -0.15) is 5.10 Å². The minimum absolute atomic E-state index is 0.0419. The first-order chi connectivity index (χ1) is 30.2. The standard InChI is InChI=1S/C46H84N6O13/c1-16-18-47-24-46(59)31(9)62-35(22-44(46,11)60-15)64-37-28(6)39(65-41-36(53)32(20-27(5)61-41)51(13)42(56)49-34-19-26(4)52(14)50-34)43(10,57)21-25(3)23-48-30(8)38(54)45(12,58)33(17-2)63-40(55)29(37)7/h19,25,27-33,35-39,41,47-48,53-54,57-59H,16-18,20-24H2,1-15H3,(H,49,50,56)/t25-,27-,28+,29-,30-,31+,32+,33-,35+,36-,37+,38-,39-,41+,43-,44-,45-,46+/m1/s1. The van der Waals surface area contributed by atoms with Gasteiger partial charge in [0.25, 0.3) is 0 Å². The summed E-state index contributed by atoms with van der Waals surface area (Å²) in [7, 11) is 4.85. The number of rotatable bonds is 12. The second-order valence-electron chi connectivity index (χ2n) is 20.1. The van der Waals surface area contributed by atoms with Crippen LogP contribution in [0.25, 0.3) is 0 Å². The number of hydrogen-bond donors (Lipinski definition) is 8. The molecule has 1 aromatic rings. The van der Waals surface area contributed by atoms with Gasteiger partial charge in [-0.1, -0.05) is 27.7 Å². The predicted molar refractivity (Wildman–Crippen MR) is 243 cm³/mol. The van der Waals surface area contributed by atoms with Crippen LogP contribution in [0.2, 0.25) is 0 Å². The molecular weight excluding hydrogens is 845 g/mol. The van der Waals surface area contributed by atoms with E-state index in [0.717, 1.165) is 12.1 Å². The van der Waals surface area contributed by atoms with Gasteiger partial charge in [0.05, 0.1) is 42.0 Å². The van der Waals surface area contributed by atoms with Gasteiger partial charge in [0.1, 0.15) is 35.1 Å². The molecule has 3 aliphatic heterocycles. The van der Waals surface area contributed by atoms with Crippen LogP contribution < -0.4 is 16.0 Å². The van der Waals surface area contributed by atoms with Gasteiger partial charge in [0, 0.05) is 57.9 Å². The van der Waals surface area contributed by atoms with E-state index in [1.165, 1.54) is 18.9 Å². The molecule has 1 aromatic heterocycles. The van der Waals surface area contributed by atoms with Crippen molar-refractivity contribution in [2.75, 3.05) is 39.1 Å². The number of carbonyl (C=O) groups is 2. The molecule has 0 saturated carbocycles. The number of methoxy groups -OCH3 is 1. The quantitative estimate of drug-likeness (QED) is 0.111. The molecule has 0 bridgehead atoms. The number of aromatic nitrogens is 2. The van der Waals surface area contributed by atoms with E-state index < -0.39 is 114 Å². The lowest BCUT2D eigenvalue weighted by Crippen LogP contribution is -2.70. The molecule has 0 aromatic carbocycles. The van der Waals surface area contributed by atoms with Crippen LogP contribution >= 0.6 is 0 Å². The molecule has 0 radical (unpaired) electrons. The predicted octanol–water partition coefficient (Wildman–Crippen LogP) is 2.57. The first kappa shape index (κ1) is 55.1. The van der Waals surface area contributed by atoms with Gasteiger partial charge in [-0.15, -0.1) is 0 Å². The van der Waals surface area contributed by atoms with Crippen LogP contribution in [0.4, 0.5) is 10.6 Å². The third kappa shape index (κ3) is 12.4. The molecule has 376 valence electrons. The fourth-order valence-electron chi connectivity index (χ4n) is 10.0. The molecular formula is C46H84N6O13. The number of aliphatic hydroxyl groups excluding tert-OH is 2. The Morgan fingerprint density at radius 2 is 1.71 bits per heavy atom. The SMILES string of the molecule is CCCNC[C@]1(O)[C@H](C)O[C@@H](O[C@H]2[C@H](C)[C@@H](O[C@@H]3O[C@H](C)C[C@H](N(C)C(=O)Nc4cc(C)n(C)n4)[C@H]3O)[C@](C)(O)C[C@@H](C)CN[C@H](C)[C@@H](O)[C@](C)(O)[C@@H](CC)OC(=O)[C@@H]2C)C[C@@]1(C)OC. The molecule has 4 heterocycles. The summed E-state index contributed by atoms with van der Waals surface area (Å²) in [6, 6.07) is -0.205. The molecule has 3 aliphatic rings. The molecule has 4 rings (SSSR count). The van der Waals surface area contributed by atoms with Crippen molar-refractivity contribution in [3.8, 4) is 0 Å². The number of hydrogen-bond acceptors (Lipinski definition) is 16. The van der Waals surface area contributed by atoms with E-state index >= 15 is 0 Å². The first-order valence-corrected chi connectivity index (χ1v) is 23.6. The molecule has 2 amide bonds. The monoisotopic (exact) mass is 929 g/mol. The Morgan fingerprint density at radius 3 is 2.29 bits per heavy atom. The molecule has 3 fully saturated rings. The smallest absolute Gasteiger partial charge is 0.323 e. The summed E-state index contributed by atoms with van der Waals surface area (Å²) in [5.74, 6) is -2.64. The van der Waals surface area contributed by atoms with E-state index in [1.807, 2.05) is 20.8 Å². The number of amides is 2. The molecule has 18 atom stereocenters. The topological polar surface area (TPSA) is 248 Å². The number of esters is 1. The molecule has 0 unspecified atom stereocenters. The summed E-state index contributed by atoms with van der Waals surface area (Å²) in [6.07, 6.45) is -8.51. The Hall–Kier alpha value is -2.53. The highest BCUT2D eigenvalue weighted by Gasteiger charge is 2.58. The van der Waals surface area contributed by atoms with Gasteiger partial charge >= 0.3 is 12.0 Å². The van der Waals surface area contributed by atoms with Crippen molar-refractivity contribution in [2.24, 2.45) is 24.8 Å². The number of aliphatic hydroxyl groups is 5. The highest BCUT2D eigenvalue weighted by atomic mass is 16.7. The Bertz CT molecular complexity index is 1680. The number of ether oxygens (including phenoxy) is 6. The third-order valence-electron chi connectivity index (χ3n) is 14.5. The fourth-order valence-corrected chi connectivity index (χ4v) is 10.0. The lowest BCUT2D eigenvalue weighted by atomic mass is 9.75. The molecule has 8 N–H and O–H groups in total. The number of cyclic esters (lactones) is 1. The van der Waals surface area contributed by atoms with Gasteiger partial charge in [0.15, 0.2) is 18.4 Å². The molecule has 3 saturated heterocycles. The van der Waals surface area contributed by atoms with Gasteiger partial charge in [-0.3, -0.25) is 14.8 Å². The van der Waals surface area contributed by atoms with E-state index in [9.17, 15) is 35.1 Å². The van der Waals surface area contributed by atoms with Gasteiger partial charge in [-0.25, -0.2) is 4.79 Å². The number of anilines is 1. The second-order valence-corrected chi connectivity index (χ2v) is 20.1. The van der Waals surface area contributed by atoms with Crippen molar-refractivity contribution in [2.45, 2.75) is 205 Å². The maximum Gasteiger partial charge on any atom is 0.323 e. The fraction of sp³-hybridized carbons (Fsp3) is 0.891. The van der Waals surface area contributed by atoms with Gasteiger partial charge in [-0.05, 0) is 100 Å². The minimum Gasteiger partial charge on any atom is -0.459 e. The number of likely N-dealkylation sites (N-methyl/N-ethyl adjacent to an activating group) is 1. The van der Waals surface area contributed by atoms with Gasteiger partial charge in [0.2, 0.25) is 0 Å². The Kier molecular flexibility index (Phi) is 18.9. The molecule has 65 heavy (non-hydrogen) atoms. The van der Waals surface area contributed by atoms with E-state index in [-0.39, 0.29) is 38.1 Å². The van der Waals surface area contributed by atoms with Crippen molar-refractivity contribution >= 4 is 17.8 Å². The van der Waals surface area contributed by atoms with Crippen molar-refractivity contribution in [3.05, 3.63) is 11.8 Å². The zero-order chi connectivity index (χ0) is 49.0. The molecule has 19 nitrogen and oxygen atoms in total. The van der Waals surface area contributed by atoms with Crippen molar-refractivity contribution in [1.29, 1.82) is 0 Å². The van der Waals surface area contributed by atoms with Gasteiger partial charge < -0.3 is 69.5 Å². The maximum atomic E-state index is 14.5. The average Bonchev–Trinajstić information content (AvgIpc) is 3.56. The van der Waals surface area contributed by atoms with Crippen LogP contribution in [0, 0.1) is 24.7 Å². The van der Waals surface area contributed by atoms with Crippen molar-refractivity contribution < 1.29 is 63.5 Å². The summed E-state index contributed by atoms with van der Waals surface area (Å²) in [5, 5.41) is 73.8. The van der Waals surface area contributed by atoms with Crippen molar-refractivity contribution in [1.82, 2.24) is 25.3 Å². The van der Waals surface area contributed by atoms with E-state index in [4.69, 9.17) is 28.4 Å². The summed E-state index contributed by atoms with van der Waals surface area (Å²) >= 11 is 0. The third-order valence-corrected chi connectivity index (χ3v) is 14.5. The number of nitrogens with zero attached hydrogens (tertiary/aromatic N) is 3. The molecule has 0 aliphatic carbocycles. The summed E-state index contributed by atoms with van der Waals surface area (Å²) in [5.41, 5.74) is -5.38. The number of aryl methyl sites for hydroxylation is 2. The van der Waals surface area contributed by atoms with Crippen LogP contribution in [0.5, 0.6) is 0 Å². The lowest BCUT2D eigenvalue weighted by Gasteiger charge is -2.53. The normalized spacial score (nSPS) is 42.7. The number of carbonyl (C=O) groups excluding carboxylic acids is 2. The van der Waals surface area contributed by atoms with Crippen LogP contribution in [-0.2, 0) is 40.3 Å². The summed E-state index contributed by atoms with van der Waals surface area (Å²) in [6.45, 7) is 22.2. The summed E-state index contributed by atoms with van der Waals surface area (Å²) in [4.78, 5) is 29.5. The van der Waals surface area contributed by atoms with E-state index in [0.29, 0.717) is 18.9 Å². The molecule has 0 spiro atoms. The number of nitrogens with one attached hydrogen (secondary N) is 3. The Balaban J connectivity index is 1.79. The highest BCUT2D eigenvalue weighted by molar-refractivity contribution is 5.88. The van der Waals surface area contributed by atoms with Crippen LogP contribution in [0.15, 0.2) is 6.07 Å². The largest absolute Gasteiger partial charge is 0.459 e. The lowest BCUT2D eigenvalue weighted by molar-refractivity contribution is -0.336. The van der Waals surface area contributed by atoms with Crippen LogP contribution in [-0.4, -0.2) is 176 Å². The number of urea groups is 1.